The van der Waals surface area contributed by atoms with Crippen molar-refractivity contribution < 1.29 is 19.2 Å². The standard InChI is InChI=1S/C28H28ClN3O5/c1-36-21-9-10-24(23(29)18-21)30-28(33)12-8-19-7-11-25(26(17-19)32(34)35)31-15-13-20(14-16-31)22-5-3-4-6-27(22)37-2/h3-12,17-18,20H,13-16H2,1-2H3,(H,30,33). The number of para-hydroxylation sites is 1. The van der Waals surface area contributed by atoms with Crippen molar-refractivity contribution in [1.29, 1.82) is 0 Å². The highest BCUT2D eigenvalue weighted by Crippen LogP contribution is 2.38. The molecule has 192 valence electrons. The molecule has 37 heavy (non-hydrogen) atoms. The van der Waals surface area contributed by atoms with E-state index in [2.05, 4.69) is 16.3 Å². The maximum atomic E-state index is 12.4. The zero-order chi connectivity index (χ0) is 26.4. The van der Waals surface area contributed by atoms with Crippen LogP contribution in [0.1, 0.15) is 29.9 Å². The lowest BCUT2D eigenvalue weighted by Gasteiger charge is -2.34. The number of nitro groups is 1. The van der Waals surface area contributed by atoms with Crippen molar-refractivity contribution in [3.05, 3.63) is 93.0 Å². The van der Waals surface area contributed by atoms with Crippen molar-refractivity contribution in [3.63, 3.8) is 0 Å². The zero-order valence-electron chi connectivity index (χ0n) is 20.6. The third-order valence-electron chi connectivity index (χ3n) is 6.47. The first-order valence-corrected chi connectivity index (χ1v) is 12.3. The third kappa shape index (κ3) is 6.21. The minimum atomic E-state index is -0.405. The molecule has 3 aromatic carbocycles. The number of carbonyl (C=O) groups is 1. The summed E-state index contributed by atoms with van der Waals surface area (Å²) in [5, 5.41) is 14.9. The van der Waals surface area contributed by atoms with E-state index in [9.17, 15) is 14.9 Å². The Morgan fingerprint density at radius 1 is 1.08 bits per heavy atom. The summed E-state index contributed by atoms with van der Waals surface area (Å²) >= 11 is 6.17. The average Bonchev–Trinajstić information content (AvgIpc) is 2.93. The number of methoxy groups -OCH3 is 2. The van der Waals surface area contributed by atoms with Crippen molar-refractivity contribution >= 4 is 40.6 Å². The number of amides is 1. The molecule has 1 saturated heterocycles. The first-order valence-electron chi connectivity index (χ1n) is 11.9. The summed E-state index contributed by atoms with van der Waals surface area (Å²) in [6.07, 6.45) is 4.59. The second-order valence-electron chi connectivity index (χ2n) is 8.68. The van der Waals surface area contributed by atoms with Gasteiger partial charge in [-0.2, -0.15) is 0 Å². The van der Waals surface area contributed by atoms with Crippen LogP contribution in [0.5, 0.6) is 11.5 Å². The Morgan fingerprint density at radius 2 is 1.84 bits per heavy atom. The summed E-state index contributed by atoms with van der Waals surface area (Å²) in [4.78, 5) is 25.9. The van der Waals surface area contributed by atoms with Gasteiger partial charge in [-0.3, -0.25) is 14.9 Å². The highest BCUT2D eigenvalue weighted by molar-refractivity contribution is 6.34. The lowest BCUT2D eigenvalue weighted by atomic mass is 9.88. The molecule has 1 N–H and O–H groups in total. The second-order valence-corrected chi connectivity index (χ2v) is 9.08. The van der Waals surface area contributed by atoms with Crippen LogP contribution in [0.4, 0.5) is 17.1 Å². The second kappa shape index (κ2) is 11.8. The molecule has 9 heteroatoms. The van der Waals surface area contributed by atoms with E-state index in [1.165, 1.54) is 30.9 Å². The minimum absolute atomic E-state index is 0.0106. The van der Waals surface area contributed by atoms with Gasteiger partial charge in [0.1, 0.15) is 17.2 Å². The molecular formula is C28H28ClN3O5. The third-order valence-corrected chi connectivity index (χ3v) is 6.78. The highest BCUT2D eigenvalue weighted by atomic mass is 35.5. The molecule has 0 bridgehead atoms. The maximum absolute atomic E-state index is 12.4. The van der Waals surface area contributed by atoms with Crippen molar-refractivity contribution in [3.8, 4) is 11.5 Å². The van der Waals surface area contributed by atoms with Crippen LogP contribution in [-0.2, 0) is 4.79 Å². The molecule has 1 aliphatic heterocycles. The lowest BCUT2D eigenvalue weighted by Crippen LogP contribution is -2.33. The van der Waals surface area contributed by atoms with Crippen LogP contribution in [0.2, 0.25) is 5.02 Å². The van der Waals surface area contributed by atoms with E-state index < -0.39 is 5.91 Å². The molecule has 8 nitrogen and oxygen atoms in total. The quantitative estimate of drug-likeness (QED) is 0.212. The molecule has 1 amide bonds. The molecule has 0 radical (unpaired) electrons. The molecule has 0 aromatic heterocycles. The molecular weight excluding hydrogens is 494 g/mol. The van der Waals surface area contributed by atoms with Crippen LogP contribution in [0.15, 0.2) is 66.7 Å². The molecule has 1 aliphatic rings. The first-order chi connectivity index (χ1) is 17.9. The fourth-order valence-corrected chi connectivity index (χ4v) is 4.78. The molecule has 0 atom stereocenters. The first kappa shape index (κ1) is 26.0. The monoisotopic (exact) mass is 521 g/mol. The fourth-order valence-electron chi connectivity index (χ4n) is 4.56. The smallest absolute Gasteiger partial charge is 0.293 e. The topological polar surface area (TPSA) is 93.9 Å². The predicted molar refractivity (Wildman–Crippen MR) is 146 cm³/mol. The van der Waals surface area contributed by atoms with Crippen LogP contribution in [-0.4, -0.2) is 38.1 Å². The zero-order valence-corrected chi connectivity index (χ0v) is 21.4. The highest BCUT2D eigenvalue weighted by Gasteiger charge is 2.27. The number of hydrogen-bond donors (Lipinski definition) is 1. The predicted octanol–water partition coefficient (Wildman–Crippen LogP) is 6.30. The van der Waals surface area contributed by atoms with Gasteiger partial charge in [0.05, 0.1) is 29.9 Å². The number of nitrogens with one attached hydrogen (secondary N) is 1. The van der Waals surface area contributed by atoms with E-state index in [0.29, 0.717) is 46.7 Å². The van der Waals surface area contributed by atoms with Gasteiger partial charge in [0.25, 0.3) is 5.69 Å². The van der Waals surface area contributed by atoms with Crippen molar-refractivity contribution in [2.45, 2.75) is 18.8 Å². The normalized spacial score (nSPS) is 14.0. The Morgan fingerprint density at radius 3 is 2.51 bits per heavy atom. The van der Waals surface area contributed by atoms with E-state index in [1.807, 2.05) is 18.2 Å². The van der Waals surface area contributed by atoms with Gasteiger partial charge in [-0.15, -0.1) is 0 Å². The number of carbonyl (C=O) groups excluding carboxylic acids is 1. The summed E-state index contributed by atoms with van der Waals surface area (Å²) in [6.45, 7) is 1.40. The summed E-state index contributed by atoms with van der Waals surface area (Å²) in [5.74, 6) is 1.39. The van der Waals surface area contributed by atoms with Gasteiger partial charge in [0.2, 0.25) is 5.91 Å². The molecule has 0 aliphatic carbocycles. The van der Waals surface area contributed by atoms with E-state index in [-0.39, 0.29) is 10.6 Å². The molecule has 3 aromatic rings. The number of nitrogens with zero attached hydrogens (tertiary/aromatic N) is 2. The van der Waals surface area contributed by atoms with Gasteiger partial charge in [0.15, 0.2) is 0 Å². The lowest BCUT2D eigenvalue weighted by molar-refractivity contribution is -0.384. The van der Waals surface area contributed by atoms with Crippen LogP contribution in [0.3, 0.4) is 0 Å². The fraction of sp³-hybridized carbons (Fsp3) is 0.250. The largest absolute Gasteiger partial charge is 0.497 e. The van der Waals surface area contributed by atoms with Gasteiger partial charge in [-0.25, -0.2) is 0 Å². The van der Waals surface area contributed by atoms with Gasteiger partial charge in [-0.1, -0.05) is 35.9 Å². The van der Waals surface area contributed by atoms with E-state index in [0.717, 1.165) is 18.6 Å². The number of anilines is 2. The van der Waals surface area contributed by atoms with Crippen LogP contribution < -0.4 is 19.7 Å². The summed E-state index contributed by atoms with van der Waals surface area (Å²) in [6, 6.07) is 18.0. The molecule has 0 spiro atoms. The van der Waals surface area contributed by atoms with Gasteiger partial charge >= 0.3 is 0 Å². The number of benzene rings is 3. The Labute approximate surface area is 220 Å². The minimum Gasteiger partial charge on any atom is -0.497 e. The van der Waals surface area contributed by atoms with Crippen molar-refractivity contribution in [2.75, 3.05) is 37.5 Å². The maximum Gasteiger partial charge on any atom is 0.293 e. The Balaban J connectivity index is 1.44. The van der Waals surface area contributed by atoms with Gasteiger partial charge < -0.3 is 19.7 Å². The molecule has 1 fully saturated rings. The number of hydrogen-bond acceptors (Lipinski definition) is 6. The number of ether oxygens (including phenoxy) is 2. The number of piperidine rings is 1. The number of nitro benzene ring substituents is 1. The van der Waals surface area contributed by atoms with E-state index in [1.54, 1.807) is 37.4 Å². The number of rotatable bonds is 8. The van der Waals surface area contributed by atoms with Crippen LogP contribution in [0, 0.1) is 10.1 Å². The number of halogens is 1. The summed E-state index contributed by atoms with van der Waals surface area (Å²) in [5.41, 5.74) is 2.76. The Hall–Kier alpha value is -4.04. The summed E-state index contributed by atoms with van der Waals surface area (Å²) < 4.78 is 10.6. The van der Waals surface area contributed by atoms with E-state index >= 15 is 0 Å². The molecule has 4 rings (SSSR count). The van der Waals surface area contributed by atoms with Gasteiger partial charge in [-0.05, 0) is 60.2 Å². The molecule has 0 saturated carbocycles. The van der Waals surface area contributed by atoms with Gasteiger partial charge in [0, 0.05) is 31.3 Å². The SMILES string of the molecule is COc1ccc(NC(=O)C=Cc2ccc(N3CCC(c4ccccc4OC)CC3)c([N+](=O)[O-])c2)c(Cl)c1. The van der Waals surface area contributed by atoms with Crippen molar-refractivity contribution in [2.24, 2.45) is 0 Å². The molecule has 1 heterocycles. The Bertz CT molecular complexity index is 1320. The average molecular weight is 522 g/mol. The van der Waals surface area contributed by atoms with Crippen LogP contribution in [0.25, 0.3) is 6.08 Å². The van der Waals surface area contributed by atoms with Crippen LogP contribution >= 0.6 is 11.6 Å². The van der Waals surface area contributed by atoms with Crippen molar-refractivity contribution in [1.82, 2.24) is 0 Å². The molecule has 0 unspecified atom stereocenters. The summed E-state index contributed by atoms with van der Waals surface area (Å²) in [7, 11) is 3.20. The Kier molecular flexibility index (Phi) is 8.30. The van der Waals surface area contributed by atoms with E-state index in [4.69, 9.17) is 21.1 Å².